The van der Waals surface area contributed by atoms with Crippen LogP contribution in [0.4, 0.5) is 0 Å². The smallest absolute Gasteiger partial charge is 0.265 e. The summed E-state index contributed by atoms with van der Waals surface area (Å²) in [6.45, 7) is 6.17. The number of aromatic nitrogens is 2. The van der Waals surface area contributed by atoms with Crippen LogP contribution in [0.15, 0.2) is 39.6 Å². The van der Waals surface area contributed by atoms with Gasteiger partial charge >= 0.3 is 0 Å². The third kappa shape index (κ3) is 3.57. The van der Waals surface area contributed by atoms with Crippen LogP contribution in [0.2, 0.25) is 0 Å². The van der Waals surface area contributed by atoms with Crippen molar-refractivity contribution in [2.24, 2.45) is 0 Å². The van der Waals surface area contributed by atoms with Crippen LogP contribution in [0.5, 0.6) is 0 Å². The highest BCUT2D eigenvalue weighted by Crippen LogP contribution is 2.25. The average molecular weight is 335 g/mol. The number of aryl methyl sites for hydroxylation is 2. The van der Waals surface area contributed by atoms with Gasteiger partial charge in [-0.1, -0.05) is 51.1 Å². The Labute approximate surface area is 127 Å². The van der Waals surface area contributed by atoms with Crippen molar-refractivity contribution in [3.63, 3.8) is 0 Å². The van der Waals surface area contributed by atoms with Crippen molar-refractivity contribution in [2.75, 3.05) is 0 Å². The van der Waals surface area contributed by atoms with Crippen molar-refractivity contribution in [1.82, 2.24) is 9.97 Å². The molecule has 1 heterocycles. The van der Waals surface area contributed by atoms with Crippen LogP contribution in [0, 0.1) is 0 Å². The molecule has 0 aliphatic carbocycles. The molecule has 0 saturated heterocycles. The van der Waals surface area contributed by atoms with E-state index in [0.717, 1.165) is 24.4 Å². The minimum atomic E-state index is -0.158. The van der Waals surface area contributed by atoms with E-state index in [4.69, 9.17) is 0 Å². The molecular weight excluding hydrogens is 316 g/mol. The van der Waals surface area contributed by atoms with Crippen LogP contribution < -0.4 is 5.56 Å². The molecule has 1 aromatic carbocycles. The fraction of sp³-hybridized carbons (Fsp3) is 0.375. The highest BCUT2D eigenvalue weighted by Gasteiger charge is 2.21. The quantitative estimate of drug-likeness (QED) is 0.931. The Morgan fingerprint density at radius 3 is 2.40 bits per heavy atom. The van der Waals surface area contributed by atoms with E-state index in [1.165, 1.54) is 5.56 Å². The van der Waals surface area contributed by atoms with Crippen molar-refractivity contribution in [1.29, 1.82) is 0 Å². The van der Waals surface area contributed by atoms with E-state index in [-0.39, 0.29) is 11.0 Å². The zero-order valence-electron chi connectivity index (χ0n) is 12.0. The third-order valence-electron chi connectivity index (χ3n) is 3.12. The number of halogens is 1. The van der Waals surface area contributed by atoms with E-state index in [0.29, 0.717) is 4.47 Å². The molecule has 0 fully saturated rings. The van der Waals surface area contributed by atoms with E-state index in [1.807, 2.05) is 18.2 Å². The topological polar surface area (TPSA) is 45.8 Å². The molecule has 2 aromatic rings. The Hall–Kier alpha value is -1.42. The first-order chi connectivity index (χ1) is 9.38. The Kier molecular flexibility index (Phi) is 4.43. The number of aromatic amines is 1. The fourth-order valence-corrected chi connectivity index (χ4v) is 2.81. The second kappa shape index (κ2) is 5.92. The predicted octanol–water partition coefficient (Wildman–Crippen LogP) is 3.62. The highest BCUT2D eigenvalue weighted by molar-refractivity contribution is 9.10. The molecule has 0 bridgehead atoms. The molecule has 0 aliphatic heterocycles. The van der Waals surface area contributed by atoms with Gasteiger partial charge in [-0.2, -0.15) is 0 Å². The SMILES string of the molecule is CC(C)(C)c1nc(CCc2ccccc2)[nH]c(=O)c1Br. The lowest BCUT2D eigenvalue weighted by molar-refractivity contribution is 0.555. The van der Waals surface area contributed by atoms with Gasteiger partial charge in [-0.3, -0.25) is 4.79 Å². The summed E-state index contributed by atoms with van der Waals surface area (Å²) in [5.74, 6) is 0.743. The zero-order valence-corrected chi connectivity index (χ0v) is 13.6. The molecule has 0 atom stereocenters. The maximum Gasteiger partial charge on any atom is 0.265 e. The summed E-state index contributed by atoms with van der Waals surface area (Å²) >= 11 is 3.34. The number of nitrogens with zero attached hydrogens (tertiary/aromatic N) is 1. The molecule has 0 radical (unpaired) electrons. The molecule has 3 nitrogen and oxygen atoms in total. The van der Waals surface area contributed by atoms with Crippen molar-refractivity contribution in [2.45, 2.75) is 39.0 Å². The fourth-order valence-electron chi connectivity index (χ4n) is 2.03. The van der Waals surface area contributed by atoms with E-state index in [2.05, 4.69) is 58.8 Å². The van der Waals surface area contributed by atoms with E-state index >= 15 is 0 Å². The van der Waals surface area contributed by atoms with Crippen molar-refractivity contribution in [3.8, 4) is 0 Å². The average Bonchev–Trinajstić information content (AvgIpc) is 2.40. The molecule has 0 unspecified atom stereocenters. The second-order valence-corrected chi connectivity index (χ2v) is 6.70. The maximum absolute atomic E-state index is 12.0. The summed E-state index contributed by atoms with van der Waals surface area (Å²) < 4.78 is 0.536. The largest absolute Gasteiger partial charge is 0.310 e. The minimum absolute atomic E-state index is 0.104. The molecule has 1 aromatic heterocycles. The summed E-state index contributed by atoms with van der Waals surface area (Å²) in [5.41, 5.74) is 1.79. The highest BCUT2D eigenvalue weighted by atomic mass is 79.9. The Morgan fingerprint density at radius 2 is 1.80 bits per heavy atom. The summed E-state index contributed by atoms with van der Waals surface area (Å²) in [6, 6.07) is 10.2. The first-order valence-electron chi connectivity index (χ1n) is 6.71. The van der Waals surface area contributed by atoms with Gasteiger partial charge in [-0.15, -0.1) is 0 Å². The monoisotopic (exact) mass is 334 g/mol. The lowest BCUT2D eigenvalue weighted by Gasteiger charge is -2.19. The van der Waals surface area contributed by atoms with Gasteiger partial charge < -0.3 is 4.98 Å². The number of benzene rings is 1. The van der Waals surface area contributed by atoms with Crippen LogP contribution in [0.1, 0.15) is 37.9 Å². The molecule has 1 N–H and O–H groups in total. The second-order valence-electron chi connectivity index (χ2n) is 5.91. The lowest BCUT2D eigenvalue weighted by atomic mass is 9.92. The van der Waals surface area contributed by atoms with Gasteiger partial charge in [-0.05, 0) is 27.9 Å². The van der Waals surface area contributed by atoms with E-state index in [1.54, 1.807) is 0 Å². The van der Waals surface area contributed by atoms with Crippen molar-refractivity contribution < 1.29 is 0 Å². The van der Waals surface area contributed by atoms with Crippen LogP contribution in [-0.4, -0.2) is 9.97 Å². The van der Waals surface area contributed by atoms with Crippen molar-refractivity contribution >= 4 is 15.9 Å². The molecule has 4 heteroatoms. The lowest BCUT2D eigenvalue weighted by Crippen LogP contribution is -2.23. The molecule has 0 aliphatic rings. The van der Waals surface area contributed by atoms with Gasteiger partial charge in [-0.25, -0.2) is 4.98 Å². The summed E-state index contributed by atoms with van der Waals surface area (Å²) in [6.07, 6.45) is 1.60. The Balaban J connectivity index is 2.25. The summed E-state index contributed by atoms with van der Waals surface area (Å²) in [7, 11) is 0. The van der Waals surface area contributed by atoms with E-state index in [9.17, 15) is 4.79 Å². The van der Waals surface area contributed by atoms with Crippen LogP contribution >= 0.6 is 15.9 Å². The van der Waals surface area contributed by atoms with Crippen LogP contribution in [-0.2, 0) is 18.3 Å². The summed E-state index contributed by atoms with van der Waals surface area (Å²) in [4.78, 5) is 19.4. The van der Waals surface area contributed by atoms with Crippen LogP contribution in [0.3, 0.4) is 0 Å². The predicted molar refractivity (Wildman–Crippen MR) is 85.1 cm³/mol. The third-order valence-corrected chi connectivity index (χ3v) is 3.85. The van der Waals surface area contributed by atoms with Gasteiger partial charge in [0.2, 0.25) is 0 Å². The first kappa shape index (κ1) is 15.0. The molecule has 106 valence electrons. The van der Waals surface area contributed by atoms with Gasteiger partial charge in [0, 0.05) is 11.8 Å². The van der Waals surface area contributed by atoms with Gasteiger partial charge in [0.05, 0.1) is 5.69 Å². The Morgan fingerprint density at radius 1 is 1.15 bits per heavy atom. The number of nitrogens with one attached hydrogen (secondary N) is 1. The number of hydrogen-bond acceptors (Lipinski definition) is 2. The normalized spacial score (nSPS) is 11.6. The molecule has 20 heavy (non-hydrogen) atoms. The molecule has 2 rings (SSSR count). The zero-order chi connectivity index (χ0) is 14.8. The molecule has 0 amide bonds. The number of hydrogen-bond donors (Lipinski definition) is 1. The molecule has 0 saturated carbocycles. The number of rotatable bonds is 3. The molecular formula is C16H19BrN2O. The van der Waals surface area contributed by atoms with E-state index < -0.39 is 0 Å². The maximum atomic E-state index is 12.0. The minimum Gasteiger partial charge on any atom is -0.310 e. The first-order valence-corrected chi connectivity index (χ1v) is 7.50. The van der Waals surface area contributed by atoms with Gasteiger partial charge in [0.1, 0.15) is 10.3 Å². The standard InChI is InChI=1S/C16H19BrN2O/c1-16(2,3)14-13(17)15(20)19-12(18-14)10-9-11-7-5-4-6-8-11/h4-8H,9-10H2,1-3H3,(H,18,19,20). The Bertz CT molecular complexity index is 642. The van der Waals surface area contributed by atoms with Gasteiger partial charge in [0.25, 0.3) is 5.56 Å². The van der Waals surface area contributed by atoms with Crippen LogP contribution in [0.25, 0.3) is 0 Å². The van der Waals surface area contributed by atoms with Crippen molar-refractivity contribution in [3.05, 3.63) is 62.2 Å². The summed E-state index contributed by atoms with van der Waals surface area (Å²) in [5, 5.41) is 0. The van der Waals surface area contributed by atoms with Gasteiger partial charge in [0.15, 0.2) is 0 Å². The molecule has 0 spiro atoms. The number of H-pyrrole nitrogens is 1.